The van der Waals surface area contributed by atoms with Gasteiger partial charge in [-0.15, -0.1) is 0 Å². The van der Waals surface area contributed by atoms with Gasteiger partial charge in [-0.25, -0.2) is 0 Å². The van der Waals surface area contributed by atoms with E-state index in [0.717, 1.165) is 48.7 Å². The van der Waals surface area contributed by atoms with Gasteiger partial charge in [0.25, 0.3) is 0 Å². The molecule has 4 aromatic rings. The molecule has 0 fully saturated rings. The first-order chi connectivity index (χ1) is 33.5. The second kappa shape index (κ2) is 31.0. The number of hydrogen-bond donors (Lipinski definition) is 0. The zero-order chi connectivity index (χ0) is 54.5. The monoisotopic (exact) mass is 1030 g/mol. The van der Waals surface area contributed by atoms with Crippen molar-refractivity contribution >= 4 is 18.9 Å². The Bertz CT molecular complexity index is 2000. The van der Waals surface area contributed by atoms with E-state index in [1.54, 1.807) is 0 Å². The van der Waals surface area contributed by atoms with Crippen molar-refractivity contribution in [3.8, 4) is 23.0 Å². The van der Waals surface area contributed by atoms with Gasteiger partial charge in [-0.05, 0) is 129 Å². The van der Waals surface area contributed by atoms with Crippen LogP contribution in [0.25, 0.3) is 0 Å². The van der Waals surface area contributed by atoms with Crippen LogP contribution in [0.4, 0.5) is 0 Å². The smallest absolute Gasteiger partial charge is 0.182 e. The summed E-state index contributed by atoms with van der Waals surface area (Å²) in [6, 6.07) is 25.9. The molecule has 10 heteroatoms. The molecule has 4 aromatic carbocycles. The molecule has 0 heterocycles. The average Bonchev–Trinajstić information content (AvgIpc) is 3.25. The highest BCUT2D eigenvalue weighted by atomic mass is 31.0. The summed E-state index contributed by atoms with van der Waals surface area (Å²) in [5.74, 6) is 5.55. The summed E-state index contributed by atoms with van der Waals surface area (Å²) >= 11 is 0. The Morgan fingerprint density at radius 1 is 0.347 bits per heavy atom. The molecule has 0 spiro atoms. The molecule has 0 aliphatic carbocycles. The highest BCUT2D eigenvalue weighted by Crippen LogP contribution is 2.37. The van der Waals surface area contributed by atoms with Crippen molar-refractivity contribution in [2.75, 3.05) is 39.6 Å². The molecule has 0 aliphatic heterocycles. The summed E-state index contributed by atoms with van der Waals surface area (Å²) in [6.07, 6.45) is 4.06. The van der Waals surface area contributed by atoms with Crippen LogP contribution < -0.4 is 19.6 Å². The predicted molar refractivity (Wildman–Crippen MR) is 310 cm³/mol. The molecule has 0 radical (unpaired) electrons. The van der Waals surface area contributed by atoms with Crippen LogP contribution in [-0.2, 0) is 65.9 Å². The molecule has 0 bridgehead atoms. The highest BCUT2D eigenvalue weighted by molar-refractivity contribution is 7.10. The first kappa shape index (κ1) is 64.9. The predicted octanol–water partition coefficient (Wildman–Crippen LogP) is 16.7. The van der Waals surface area contributed by atoms with E-state index in [2.05, 4.69) is 230 Å². The lowest BCUT2D eigenvalue weighted by Gasteiger charge is -2.25. The van der Waals surface area contributed by atoms with Crippen LogP contribution in [0.15, 0.2) is 72.8 Å². The van der Waals surface area contributed by atoms with Crippen molar-refractivity contribution in [3.05, 3.63) is 117 Å². The summed E-state index contributed by atoms with van der Waals surface area (Å²) in [6.45, 7) is 48.3. The molecule has 0 saturated carbocycles. The molecule has 0 aromatic heterocycles. The van der Waals surface area contributed by atoms with Crippen LogP contribution in [0.3, 0.4) is 0 Å². The van der Waals surface area contributed by atoms with Gasteiger partial charge < -0.3 is 18.5 Å². The van der Waals surface area contributed by atoms with E-state index in [4.69, 9.17) is 38.1 Å². The summed E-state index contributed by atoms with van der Waals surface area (Å²) in [5.41, 5.74) is 10.2. The zero-order valence-corrected chi connectivity index (χ0v) is 51.0. The van der Waals surface area contributed by atoms with Gasteiger partial charge in [0.15, 0.2) is 23.0 Å². The minimum Gasteiger partial charge on any atom is -0.377 e. The fourth-order valence-corrected chi connectivity index (χ4v) is 8.03. The minimum atomic E-state index is -0.0281. The molecule has 8 nitrogen and oxygen atoms in total. The molecule has 0 aliphatic rings. The van der Waals surface area contributed by atoms with Gasteiger partial charge in [0, 0.05) is 30.1 Å². The molecule has 72 heavy (non-hydrogen) atoms. The number of benzene rings is 4. The Hall–Kier alpha value is -3.22. The van der Waals surface area contributed by atoms with E-state index in [1.807, 2.05) is 0 Å². The van der Waals surface area contributed by atoms with Gasteiger partial charge in [0.1, 0.15) is 0 Å². The normalized spacial score (nSPS) is 12.2. The topological polar surface area (TPSA) is 73.8 Å². The van der Waals surface area contributed by atoms with E-state index in [-0.39, 0.29) is 21.7 Å². The second-order valence-corrected chi connectivity index (χ2v) is 25.7. The molecular formula is C62H100O8P2. The van der Waals surface area contributed by atoms with Crippen molar-refractivity contribution < 1.29 is 38.1 Å². The summed E-state index contributed by atoms with van der Waals surface area (Å²) in [4.78, 5) is 23.8. The van der Waals surface area contributed by atoms with Crippen molar-refractivity contribution in [3.63, 3.8) is 0 Å². The van der Waals surface area contributed by atoms with Gasteiger partial charge in [0.2, 0.25) is 0 Å². The van der Waals surface area contributed by atoms with Crippen molar-refractivity contribution in [1.82, 2.24) is 0 Å². The van der Waals surface area contributed by atoms with E-state index in [0.29, 0.717) is 63.3 Å². The Labute approximate surface area is 444 Å². The molecule has 0 saturated heterocycles. The largest absolute Gasteiger partial charge is 0.377 e. The van der Waals surface area contributed by atoms with Gasteiger partial charge >= 0.3 is 0 Å². The quantitative estimate of drug-likeness (QED) is 0.0315. The molecule has 2 unspecified atom stereocenters. The zero-order valence-electron chi connectivity index (χ0n) is 48.7. The fourth-order valence-electron chi connectivity index (χ4n) is 7.84. The lowest BCUT2D eigenvalue weighted by Crippen LogP contribution is -2.18. The molecule has 4 rings (SSSR count). The third-order valence-corrected chi connectivity index (χ3v) is 12.1. The Balaban J connectivity index is 0.000000404. The standard InChI is InChI=1S/2C28H42O2.C6H16O4P2/c1-19(2)15-21-17-23(27(5,6)7)11-13-25(21)29-30-26-14-12-24(28(8,9)10)18-22(26)16-20(3)4;1-19(2)15-21-11-13-25(23(17-21)27(5,6)7)29-30-26-14-12-22(16-20(3)4)18-24(26)28(8,9)10;11-9-5-3-7-1-2-8-4-6-10-12/h2*11-14,17-20H,15-16H2,1-10H3;1-6,11-12H2. The van der Waals surface area contributed by atoms with E-state index >= 15 is 0 Å². The lowest BCUT2D eigenvalue weighted by molar-refractivity contribution is -0.103. The van der Waals surface area contributed by atoms with Crippen LogP contribution in [0.2, 0.25) is 0 Å². The second-order valence-electron chi connectivity index (χ2n) is 25.0. The SMILES string of the molecule is CC(C)Cc1cc(C(C)(C)C)ccc1OOc1ccc(C(C)(C)C)cc1CC(C)C.CC(C)Cc1ccc(OOc2ccc(CC(C)C)cc2C(C)(C)C)c(C(C)(C)C)c1.POCCOCCOCCOP. The van der Waals surface area contributed by atoms with E-state index in [9.17, 15) is 0 Å². The maximum absolute atomic E-state index is 5.97. The number of hydrogen-bond acceptors (Lipinski definition) is 8. The Morgan fingerprint density at radius 2 is 0.639 bits per heavy atom. The molecule has 2 atom stereocenters. The van der Waals surface area contributed by atoms with E-state index in [1.165, 1.54) is 44.5 Å². The van der Waals surface area contributed by atoms with Crippen LogP contribution in [-0.4, -0.2) is 39.6 Å². The highest BCUT2D eigenvalue weighted by Gasteiger charge is 2.25. The molecule has 0 N–H and O–H groups in total. The van der Waals surface area contributed by atoms with Gasteiger partial charge in [-0.3, -0.25) is 19.6 Å². The number of rotatable bonds is 23. The van der Waals surface area contributed by atoms with Crippen molar-refractivity contribution in [1.29, 1.82) is 0 Å². The molecule has 0 amide bonds. The van der Waals surface area contributed by atoms with Crippen LogP contribution in [0.5, 0.6) is 23.0 Å². The first-order valence-electron chi connectivity index (χ1n) is 26.5. The van der Waals surface area contributed by atoms with Gasteiger partial charge in [0.05, 0.1) is 39.6 Å². The first-order valence-corrected chi connectivity index (χ1v) is 27.4. The minimum absolute atomic E-state index is 0.0281. The average molecular weight is 1040 g/mol. The lowest BCUT2D eigenvalue weighted by atomic mass is 9.84. The molecular weight excluding hydrogens is 935 g/mol. The van der Waals surface area contributed by atoms with Crippen LogP contribution >= 0.6 is 18.9 Å². The Morgan fingerprint density at radius 3 is 0.917 bits per heavy atom. The van der Waals surface area contributed by atoms with Gasteiger partial charge in [-0.1, -0.05) is 187 Å². The maximum Gasteiger partial charge on any atom is 0.182 e. The third-order valence-electron chi connectivity index (χ3n) is 11.6. The fraction of sp³-hybridized carbons (Fsp3) is 0.613. The number of ether oxygens (including phenoxy) is 2. The summed E-state index contributed by atoms with van der Waals surface area (Å²) in [7, 11) is 4.34. The third kappa shape index (κ3) is 24.9. The summed E-state index contributed by atoms with van der Waals surface area (Å²) in [5, 5.41) is 0. The Kier molecular flexibility index (Phi) is 27.9. The maximum atomic E-state index is 5.97. The van der Waals surface area contributed by atoms with Crippen molar-refractivity contribution in [2.24, 2.45) is 23.7 Å². The van der Waals surface area contributed by atoms with Crippen LogP contribution in [0.1, 0.15) is 183 Å². The van der Waals surface area contributed by atoms with Crippen LogP contribution in [0, 0.1) is 23.7 Å². The summed E-state index contributed by atoms with van der Waals surface area (Å²) < 4.78 is 19.7. The van der Waals surface area contributed by atoms with E-state index < -0.39 is 0 Å². The molecule has 406 valence electrons. The van der Waals surface area contributed by atoms with Gasteiger partial charge in [-0.2, -0.15) is 0 Å². The van der Waals surface area contributed by atoms with Crippen molar-refractivity contribution in [2.45, 2.75) is 186 Å².